The molecule has 3 rings (SSSR count). The third-order valence-electron chi connectivity index (χ3n) is 3.98. The van der Waals surface area contributed by atoms with E-state index in [2.05, 4.69) is 23.8 Å². The van der Waals surface area contributed by atoms with Gasteiger partial charge in [0.2, 0.25) is 5.88 Å². The molecule has 0 radical (unpaired) electrons. The number of fused-ring (bicyclic) bond motifs is 1. The fourth-order valence-corrected chi connectivity index (χ4v) is 2.47. The van der Waals surface area contributed by atoms with Gasteiger partial charge in [0.05, 0.1) is 0 Å². The molecule has 0 spiro atoms. The van der Waals surface area contributed by atoms with Gasteiger partial charge in [0.1, 0.15) is 12.3 Å². The molecular weight excluding hydrogens is 274 g/mol. The van der Waals surface area contributed by atoms with Gasteiger partial charge >= 0.3 is 0 Å². The van der Waals surface area contributed by atoms with Crippen molar-refractivity contribution in [1.82, 2.24) is 9.97 Å². The third kappa shape index (κ3) is 2.83. The molecule has 2 heterocycles. The van der Waals surface area contributed by atoms with Crippen molar-refractivity contribution in [3.05, 3.63) is 59.8 Å². The Morgan fingerprint density at radius 1 is 1.14 bits per heavy atom. The first-order valence-corrected chi connectivity index (χ1v) is 7.45. The summed E-state index contributed by atoms with van der Waals surface area (Å²) < 4.78 is 5.77. The molecule has 0 fully saturated rings. The minimum Gasteiger partial charge on any atom is -0.473 e. The second-order valence-corrected chi connectivity index (χ2v) is 6.11. The molecule has 3 N–H and O–H groups in total. The molecule has 0 amide bonds. The van der Waals surface area contributed by atoms with Crippen molar-refractivity contribution < 1.29 is 4.74 Å². The molecule has 4 nitrogen and oxygen atoms in total. The zero-order valence-corrected chi connectivity index (χ0v) is 13.0. The van der Waals surface area contributed by atoms with Crippen LogP contribution in [-0.4, -0.2) is 16.5 Å². The average molecular weight is 295 g/mol. The number of nitrogens with one attached hydrogen (secondary N) is 1. The highest BCUT2D eigenvalue weighted by atomic mass is 16.5. The smallest absolute Gasteiger partial charge is 0.215 e. The monoisotopic (exact) mass is 295 g/mol. The van der Waals surface area contributed by atoms with Gasteiger partial charge in [-0.3, -0.25) is 0 Å². The van der Waals surface area contributed by atoms with Crippen molar-refractivity contribution in [3.63, 3.8) is 0 Å². The van der Waals surface area contributed by atoms with Crippen molar-refractivity contribution in [2.24, 2.45) is 5.73 Å². The van der Waals surface area contributed by atoms with Crippen molar-refractivity contribution >= 4 is 11.0 Å². The Kier molecular flexibility index (Phi) is 3.86. The van der Waals surface area contributed by atoms with Gasteiger partial charge in [0.25, 0.3) is 0 Å². The predicted molar refractivity (Wildman–Crippen MR) is 88.9 cm³/mol. The SMILES string of the molecule is CC(C)(CN)c1c[nH]c2nc(OCc3ccccc3)ccc12. The summed E-state index contributed by atoms with van der Waals surface area (Å²) in [6, 6.07) is 14.0. The maximum atomic E-state index is 5.87. The normalized spacial score (nSPS) is 11.8. The first-order valence-electron chi connectivity index (χ1n) is 7.45. The van der Waals surface area contributed by atoms with Crippen molar-refractivity contribution in [3.8, 4) is 5.88 Å². The number of ether oxygens (including phenoxy) is 1. The van der Waals surface area contributed by atoms with Crippen LogP contribution < -0.4 is 10.5 Å². The Balaban J connectivity index is 1.82. The zero-order chi connectivity index (χ0) is 15.6. The zero-order valence-electron chi connectivity index (χ0n) is 13.0. The molecule has 3 aromatic rings. The minimum absolute atomic E-state index is 0.0770. The topological polar surface area (TPSA) is 63.9 Å². The summed E-state index contributed by atoms with van der Waals surface area (Å²) in [4.78, 5) is 7.76. The van der Waals surface area contributed by atoms with E-state index in [4.69, 9.17) is 10.5 Å². The number of nitrogens with two attached hydrogens (primary N) is 1. The Bertz CT molecular complexity index is 762. The molecule has 22 heavy (non-hydrogen) atoms. The summed E-state index contributed by atoms with van der Waals surface area (Å²) in [5, 5.41) is 1.10. The first-order chi connectivity index (χ1) is 10.6. The van der Waals surface area contributed by atoms with Crippen LogP contribution in [0.15, 0.2) is 48.7 Å². The van der Waals surface area contributed by atoms with Crippen LogP contribution in [0.2, 0.25) is 0 Å². The number of pyridine rings is 1. The number of H-pyrrole nitrogens is 1. The number of hydrogen-bond donors (Lipinski definition) is 2. The lowest BCUT2D eigenvalue weighted by atomic mass is 9.85. The van der Waals surface area contributed by atoms with Gasteiger partial charge in [0.15, 0.2) is 0 Å². The van der Waals surface area contributed by atoms with Gasteiger partial charge < -0.3 is 15.5 Å². The predicted octanol–water partition coefficient (Wildman–Crippen LogP) is 3.38. The maximum absolute atomic E-state index is 5.87. The highest BCUT2D eigenvalue weighted by Gasteiger charge is 2.22. The van der Waals surface area contributed by atoms with Crippen LogP contribution in [0.25, 0.3) is 11.0 Å². The van der Waals surface area contributed by atoms with E-state index < -0.39 is 0 Å². The molecule has 0 atom stereocenters. The van der Waals surface area contributed by atoms with Crippen molar-refractivity contribution in [2.45, 2.75) is 25.9 Å². The lowest BCUT2D eigenvalue weighted by Crippen LogP contribution is -2.27. The highest BCUT2D eigenvalue weighted by molar-refractivity contribution is 5.81. The maximum Gasteiger partial charge on any atom is 0.215 e. The highest BCUT2D eigenvalue weighted by Crippen LogP contribution is 2.30. The standard InChI is InChI=1S/C18H21N3O/c1-18(2,12-19)15-10-20-17-14(15)8-9-16(21-17)22-11-13-6-4-3-5-7-13/h3-10H,11-12,19H2,1-2H3,(H,20,21). The van der Waals surface area contributed by atoms with Gasteiger partial charge in [-0.05, 0) is 17.2 Å². The molecule has 2 aromatic heterocycles. The molecule has 0 aliphatic carbocycles. The van der Waals surface area contributed by atoms with Gasteiger partial charge in [-0.1, -0.05) is 44.2 Å². The second-order valence-electron chi connectivity index (χ2n) is 6.11. The number of aromatic nitrogens is 2. The summed E-state index contributed by atoms with van der Waals surface area (Å²) in [5.41, 5.74) is 8.94. The minimum atomic E-state index is -0.0770. The summed E-state index contributed by atoms with van der Waals surface area (Å²) >= 11 is 0. The molecule has 0 unspecified atom stereocenters. The van der Waals surface area contributed by atoms with E-state index in [1.807, 2.05) is 48.7 Å². The van der Waals surface area contributed by atoms with E-state index >= 15 is 0 Å². The van der Waals surface area contributed by atoms with E-state index in [-0.39, 0.29) is 5.41 Å². The van der Waals surface area contributed by atoms with Crippen LogP contribution in [0.3, 0.4) is 0 Å². The van der Waals surface area contributed by atoms with E-state index in [9.17, 15) is 0 Å². The van der Waals surface area contributed by atoms with E-state index in [0.717, 1.165) is 16.6 Å². The second kappa shape index (κ2) is 5.81. The van der Waals surface area contributed by atoms with Gasteiger partial charge in [-0.2, -0.15) is 4.98 Å². The average Bonchev–Trinajstić information content (AvgIpc) is 2.98. The van der Waals surface area contributed by atoms with Crippen LogP contribution in [0, 0.1) is 0 Å². The van der Waals surface area contributed by atoms with Gasteiger partial charge in [-0.15, -0.1) is 0 Å². The van der Waals surface area contributed by atoms with Crippen LogP contribution in [-0.2, 0) is 12.0 Å². The van der Waals surface area contributed by atoms with E-state index in [0.29, 0.717) is 19.0 Å². The van der Waals surface area contributed by atoms with Crippen LogP contribution in [0.5, 0.6) is 5.88 Å². The van der Waals surface area contributed by atoms with Crippen LogP contribution >= 0.6 is 0 Å². The largest absolute Gasteiger partial charge is 0.473 e. The number of nitrogens with zero attached hydrogens (tertiary/aromatic N) is 1. The molecule has 0 aliphatic rings. The number of hydrogen-bond acceptors (Lipinski definition) is 3. The molecule has 4 heteroatoms. The van der Waals surface area contributed by atoms with E-state index in [1.54, 1.807) is 0 Å². The molecular formula is C18H21N3O. The van der Waals surface area contributed by atoms with Crippen LogP contribution in [0.1, 0.15) is 25.0 Å². The molecule has 114 valence electrons. The van der Waals surface area contributed by atoms with Gasteiger partial charge in [-0.25, -0.2) is 0 Å². The Hall–Kier alpha value is -2.33. The van der Waals surface area contributed by atoms with Crippen molar-refractivity contribution in [2.75, 3.05) is 6.54 Å². The number of rotatable bonds is 5. The molecule has 0 bridgehead atoms. The fourth-order valence-electron chi connectivity index (χ4n) is 2.47. The molecule has 1 aromatic carbocycles. The number of benzene rings is 1. The summed E-state index contributed by atoms with van der Waals surface area (Å²) in [7, 11) is 0. The quantitative estimate of drug-likeness (QED) is 0.758. The lowest BCUT2D eigenvalue weighted by molar-refractivity contribution is 0.295. The number of aromatic amines is 1. The molecule has 0 saturated carbocycles. The Morgan fingerprint density at radius 3 is 2.64 bits per heavy atom. The van der Waals surface area contributed by atoms with Crippen molar-refractivity contribution in [1.29, 1.82) is 0 Å². The van der Waals surface area contributed by atoms with E-state index in [1.165, 1.54) is 5.56 Å². The summed E-state index contributed by atoms with van der Waals surface area (Å²) in [6.07, 6.45) is 1.99. The van der Waals surface area contributed by atoms with Gasteiger partial charge in [0, 0.05) is 29.6 Å². The summed E-state index contributed by atoms with van der Waals surface area (Å²) in [6.45, 7) is 5.37. The summed E-state index contributed by atoms with van der Waals surface area (Å²) in [5.74, 6) is 0.621. The Labute approximate surface area is 130 Å². The Morgan fingerprint density at radius 2 is 1.91 bits per heavy atom. The third-order valence-corrected chi connectivity index (χ3v) is 3.98. The first kappa shape index (κ1) is 14.6. The fraction of sp³-hybridized carbons (Fsp3) is 0.278. The molecule has 0 aliphatic heterocycles. The van der Waals surface area contributed by atoms with Crippen LogP contribution in [0.4, 0.5) is 0 Å². The molecule has 0 saturated heterocycles. The lowest BCUT2D eigenvalue weighted by Gasteiger charge is -2.21.